The Labute approximate surface area is 112 Å². The van der Waals surface area contributed by atoms with Gasteiger partial charge < -0.3 is 14.6 Å². The van der Waals surface area contributed by atoms with Gasteiger partial charge in [0.1, 0.15) is 5.75 Å². The summed E-state index contributed by atoms with van der Waals surface area (Å²) in [6, 6.07) is 4.98. The van der Waals surface area contributed by atoms with E-state index >= 15 is 0 Å². The molecule has 0 bridgehead atoms. The molecule has 1 aromatic rings. The quantitative estimate of drug-likeness (QED) is 0.665. The number of benzene rings is 1. The van der Waals surface area contributed by atoms with E-state index in [1.807, 2.05) is 0 Å². The standard InChI is InChI=1S/C12H11BrO5/c1-17-12(16)7-18-9-3-4-10(13)8(6-9)2-5-11(14)15/h2-6H,7H2,1H3,(H,14,15)/b5-2+. The summed E-state index contributed by atoms with van der Waals surface area (Å²) in [5.41, 5.74) is 0.639. The van der Waals surface area contributed by atoms with Crippen LogP contribution in [-0.2, 0) is 14.3 Å². The minimum Gasteiger partial charge on any atom is -0.482 e. The maximum absolute atomic E-state index is 10.9. The number of hydrogen-bond donors (Lipinski definition) is 1. The molecule has 0 aliphatic carbocycles. The van der Waals surface area contributed by atoms with E-state index in [2.05, 4.69) is 20.7 Å². The molecule has 0 heterocycles. The van der Waals surface area contributed by atoms with Crippen molar-refractivity contribution >= 4 is 33.9 Å². The van der Waals surface area contributed by atoms with E-state index in [4.69, 9.17) is 9.84 Å². The van der Waals surface area contributed by atoms with Crippen molar-refractivity contribution < 1.29 is 24.2 Å². The average Bonchev–Trinajstić information content (AvgIpc) is 2.35. The molecule has 1 aromatic carbocycles. The number of carbonyl (C=O) groups is 2. The van der Waals surface area contributed by atoms with Gasteiger partial charge in [-0.1, -0.05) is 15.9 Å². The monoisotopic (exact) mass is 314 g/mol. The van der Waals surface area contributed by atoms with Gasteiger partial charge >= 0.3 is 11.9 Å². The highest BCUT2D eigenvalue weighted by Crippen LogP contribution is 2.23. The molecule has 0 unspecified atom stereocenters. The Balaban J connectivity index is 2.80. The van der Waals surface area contributed by atoms with Gasteiger partial charge in [-0.2, -0.15) is 0 Å². The molecule has 18 heavy (non-hydrogen) atoms. The summed E-state index contributed by atoms with van der Waals surface area (Å²) in [6.45, 7) is -0.194. The van der Waals surface area contributed by atoms with E-state index < -0.39 is 11.9 Å². The normalized spacial score (nSPS) is 10.3. The summed E-state index contributed by atoms with van der Waals surface area (Å²) in [5.74, 6) is -1.07. The Kier molecular flexibility index (Phi) is 5.38. The van der Waals surface area contributed by atoms with Crippen LogP contribution >= 0.6 is 15.9 Å². The fourth-order valence-electron chi connectivity index (χ4n) is 1.10. The first-order valence-electron chi connectivity index (χ1n) is 4.93. The molecule has 0 radical (unpaired) electrons. The second kappa shape index (κ2) is 6.80. The lowest BCUT2D eigenvalue weighted by atomic mass is 10.2. The van der Waals surface area contributed by atoms with Gasteiger partial charge in [0.15, 0.2) is 6.61 Å². The maximum Gasteiger partial charge on any atom is 0.343 e. The minimum absolute atomic E-state index is 0.194. The van der Waals surface area contributed by atoms with Gasteiger partial charge in [0, 0.05) is 10.5 Å². The Hall–Kier alpha value is -1.82. The highest BCUT2D eigenvalue weighted by atomic mass is 79.9. The summed E-state index contributed by atoms with van der Waals surface area (Å²) in [6.07, 6.45) is 2.45. The number of carbonyl (C=O) groups excluding carboxylic acids is 1. The van der Waals surface area contributed by atoms with Gasteiger partial charge in [0.2, 0.25) is 0 Å². The topological polar surface area (TPSA) is 72.8 Å². The average molecular weight is 315 g/mol. The SMILES string of the molecule is COC(=O)COc1ccc(Br)c(/C=C/C(=O)O)c1. The van der Waals surface area contributed by atoms with Crippen molar-refractivity contribution in [3.63, 3.8) is 0 Å². The number of rotatable bonds is 5. The van der Waals surface area contributed by atoms with Crippen molar-refractivity contribution in [3.05, 3.63) is 34.3 Å². The van der Waals surface area contributed by atoms with Crippen LogP contribution < -0.4 is 4.74 Å². The molecule has 1 N–H and O–H groups in total. The lowest BCUT2D eigenvalue weighted by Gasteiger charge is -2.06. The molecule has 0 aromatic heterocycles. The third-order valence-electron chi connectivity index (χ3n) is 1.96. The van der Waals surface area contributed by atoms with Gasteiger partial charge in [-0.15, -0.1) is 0 Å². The fourth-order valence-corrected chi connectivity index (χ4v) is 1.48. The van der Waals surface area contributed by atoms with Crippen LogP contribution in [0.4, 0.5) is 0 Å². The molecular formula is C12H11BrO5. The Morgan fingerprint density at radius 3 is 2.78 bits per heavy atom. The van der Waals surface area contributed by atoms with Gasteiger partial charge in [0.05, 0.1) is 7.11 Å². The maximum atomic E-state index is 10.9. The molecule has 0 spiro atoms. The predicted octanol–water partition coefficient (Wildman–Crippen LogP) is 2.10. The van der Waals surface area contributed by atoms with E-state index in [-0.39, 0.29) is 6.61 Å². The van der Waals surface area contributed by atoms with Crippen LogP contribution in [-0.4, -0.2) is 30.8 Å². The molecule has 0 aliphatic heterocycles. The van der Waals surface area contributed by atoms with E-state index in [1.165, 1.54) is 13.2 Å². The van der Waals surface area contributed by atoms with Crippen LogP contribution in [0.2, 0.25) is 0 Å². The van der Waals surface area contributed by atoms with Crippen LogP contribution in [0, 0.1) is 0 Å². The fraction of sp³-hybridized carbons (Fsp3) is 0.167. The molecule has 0 fully saturated rings. The highest BCUT2D eigenvalue weighted by molar-refractivity contribution is 9.10. The number of esters is 1. The van der Waals surface area contributed by atoms with Crippen LogP contribution in [0.3, 0.4) is 0 Å². The summed E-state index contributed by atoms with van der Waals surface area (Å²) < 4.78 is 10.4. The predicted molar refractivity (Wildman–Crippen MR) is 68.3 cm³/mol. The summed E-state index contributed by atoms with van der Waals surface area (Å²) in [7, 11) is 1.27. The lowest BCUT2D eigenvalue weighted by molar-refractivity contribution is -0.143. The van der Waals surface area contributed by atoms with Crippen molar-refractivity contribution in [1.29, 1.82) is 0 Å². The molecule has 6 heteroatoms. The molecule has 96 valence electrons. The van der Waals surface area contributed by atoms with Gasteiger partial charge in [-0.3, -0.25) is 0 Å². The number of hydrogen-bond acceptors (Lipinski definition) is 4. The third-order valence-corrected chi connectivity index (χ3v) is 2.68. The number of methoxy groups -OCH3 is 1. The van der Waals surface area contributed by atoms with Gasteiger partial charge in [0.25, 0.3) is 0 Å². The second-order valence-corrected chi connectivity index (χ2v) is 4.07. The van der Waals surface area contributed by atoms with E-state index in [9.17, 15) is 9.59 Å². The first-order valence-corrected chi connectivity index (χ1v) is 5.72. The lowest BCUT2D eigenvalue weighted by Crippen LogP contribution is -2.12. The number of halogens is 1. The second-order valence-electron chi connectivity index (χ2n) is 3.22. The molecule has 0 aliphatic rings. The zero-order valence-electron chi connectivity index (χ0n) is 9.55. The summed E-state index contributed by atoms with van der Waals surface area (Å²) in [4.78, 5) is 21.3. The number of ether oxygens (including phenoxy) is 2. The zero-order valence-corrected chi connectivity index (χ0v) is 11.1. The van der Waals surface area contributed by atoms with Crippen molar-refractivity contribution in [1.82, 2.24) is 0 Å². The first kappa shape index (κ1) is 14.2. The largest absolute Gasteiger partial charge is 0.482 e. The molecule has 0 amide bonds. The molecular weight excluding hydrogens is 304 g/mol. The van der Waals surface area contributed by atoms with Crippen LogP contribution in [0.5, 0.6) is 5.75 Å². The first-order chi connectivity index (χ1) is 8.52. The smallest absolute Gasteiger partial charge is 0.343 e. The van der Waals surface area contributed by atoms with Crippen molar-refractivity contribution in [2.45, 2.75) is 0 Å². The Morgan fingerprint density at radius 2 is 2.17 bits per heavy atom. The van der Waals surface area contributed by atoms with Crippen molar-refractivity contribution in [2.24, 2.45) is 0 Å². The minimum atomic E-state index is -1.04. The van der Waals surface area contributed by atoms with Crippen LogP contribution in [0.25, 0.3) is 6.08 Å². The Bertz CT molecular complexity index is 481. The van der Waals surface area contributed by atoms with Crippen LogP contribution in [0.15, 0.2) is 28.7 Å². The van der Waals surface area contributed by atoms with Gasteiger partial charge in [-0.25, -0.2) is 9.59 Å². The molecule has 1 rings (SSSR count). The number of carboxylic acids is 1. The molecule has 5 nitrogen and oxygen atoms in total. The number of aliphatic carboxylic acids is 1. The zero-order chi connectivity index (χ0) is 13.5. The van der Waals surface area contributed by atoms with Crippen LogP contribution in [0.1, 0.15) is 5.56 Å². The number of carboxylic acid groups (broad SMARTS) is 1. The van der Waals surface area contributed by atoms with E-state index in [0.29, 0.717) is 11.3 Å². The molecule has 0 atom stereocenters. The van der Waals surface area contributed by atoms with E-state index in [1.54, 1.807) is 18.2 Å². The van der Waals surface area contributed by atoms with Gasteiger partial charge in [-0.05, 0) is 29.8 Å². The van der Waals surface area contributed by atoms with Crippen molar-refractivity contribution in [2.75, 3.05) is 13.7 Å². The summed E-state index contributed by atoms with van der Waals surface area (Å²) >= 11 is 3.28. The summed E-state index contributed by atoms with van der Waals surface area (Å²) in [5, 5.41) is 8.55. The molecule has 0 saturated heterocycles. The Morgan fingerprint density at radius 1 is 1.44 bits per heavy atom. The van der Waals surface area contributed by atoms with E-state index in [0.717, 1.165) is 10.5 Å². The third kappa shape index (κ3) is 4.58. The highest BCUT2D eigenvalue weighted by Gasteiger charge is 2.04. The molecule has 0 saturated carbocycles. The van der Waals surface area contributed by atoms with Crippen molar-refractivity contribution in [3.8, 4) is 5.75 Å².